The minimum atomic E-state index is 0.595. The molecule has 0 spiro atoms. The average molecular weight is 282 g/mol. The van der Waals surface area contributed by atoms with Crippen molar-refractivity contribution in [3.63, 3.8) is 0 Å². The van der Waals surface area contributed by atoms with E-state index in [1.807, 2.05) is 19.2 Å². The minimum absolute atomic E-state index is 0.595. The first-order valence-electron chi connectivity index (χ1n) is 5.64. The van der Waals surface area contributed by atoms with E-state index in [1.165, 1.54) is 6.33 Å². The van der Waals surface area contributed by atoms with Crippen LogP contribution >= 0.6 is 23.2 Å². The number of anilines is 1. The van der Waals surface area contributed by atoms with Gasteiger partial charge < -0.3 is 5.32 Å². The predicted octanol–water partition coefficient (Wildman–Crippen LogP) is 4.05. The number of hydrogen-bond acceptors (Lipinski definition) is 3. The summed E-state index contributed by atoms with van der Waals surface area (Å²) >= 11 is 12.1. The first kappa shape index (κ1) is 13.1. The molecule has 1 aromatic carbocycles. The second-order valence-electron chi connectivity index (χ2n) is 3.78. The molecule has 0 radical (unpaired) electrons. The summed E-state index contributed by atoms with van der Waals surface area (Å²) in [6.07, 6.45) is 2.36. The number of aromatic nitrogens is 2. The molecule has 0 aliphatic heterocycles. The maximum atomic E-state index is 6.22. The van der Waals surface area contributed by atoms with Crippen LogP contribution in [-0.4, -0.2) is 17.0 Å². The molecular weight excluding hydrogens is 269 g/mol. The summed E-state index contributed by atoms with van der Waals surface area (Å²) in [5.41, 5.74) is 2.76. The standard InChI is InChI=1S/C13H13Cl2N3/c1-3-9-12(17-7-18-13(9)16-2)10-5-4-8(14)6-11(10)15/h4-7H,3H2,1-2H3,(H,16,17,18). The Bertz CT molecular complexity index is 570. The van der Waals surface area contributed by atoms with Crippen molar-refractivity contribution in [2.75, 3.05) is 12.4 Å². The van der Waals surface area contributed by atoms with Gasteiger partial charge in [0.2, 0.25) is 0 Å². The van der Waals surface area contributed by atoms with Crippen LogP contribution in [0.15, 0.2) is 24.5 Å². The molecule has 0 fully saturated rings. The van der Waals surface area contributed by atoms with Crippen LogP contribution in [-0.2, 0) is 6.42 Å². The first-order valence-corrected chi connectivity index (χ1v) is 6.40. The molecule has 2 aromatic rings. The molecule has 0 atom stereocenters. The number of rotatable bonds is 3. The van der Waals surface area contributed by atoms with Crippen LogP contribution in [0.4, 0.5) is 5.82 Å². The highest BCUT2D eigenvalue weighted by Crippen LogP contribution is 2.33. The molecule has 0 saturated heterocycles. The number of nitrogens with zero attached hydrogens (tertiary/aromatic N) is 2. The molecule has 1 N–H and O–H groups in total. The van der Waals surface area contributed by atoms with Crippen LogP contribution in [0.3, 0.4) is 0 Å². The van der Waals surface area contributed by atoms with E-state index in [4.69, 9.17) is 23.2 Å². The predicted molar refractivity (Wildman–Crippen MR) is 76.4 cm³/mol. The highest BCUT2D eigenvalue weighted by molar-refractivity contribution is 6.36. The molecule has 5 heteroatoms. The Balaban J connectivity index is 2.63. The van der Waals surface area contributed by atoms with Crippen molar-refractivity contribution in [3.05, 3.63) is 40.1 Å². The Morgan fingerprint density at radius 2 is 2.00 bits per heavy atom. The third-order valence-corrected chi connectivity index (χ3v) is 3.27. The lowest BCUT2D eigenvalue weighted by molar-refractivity contribution is 1.05. The molecule has 1 aromatic heterocycles. The van der Waals surface area contributed by atoms with Gasteiger partial charge in [-0.3, -0.25) is 0 Å². The van der Waals surface area contributed by atoms with Crippen molar-refractivity contribution in [2.45, 2.75) is 13.3 Å². The van der Waals surface area contributed by atoms with Gasteiger partial charge in [0.05, 0.1) is 10.7 Å². The van der Waals surface area contributed by atoms with E-state index in [1.54, 1.807) is 6.07 Å². The zero-order valence-corrected chi connectivity index (χ0v) is 11.7. The van der Waals surface area contributed by atoms with Gasteiger partial charge in [-0.2, -0.15) is 0 Å². The summed E-state index contributed by atoms with van der Waals surface area (Å²) in [7, 11) is 1.84. The normalized spacial score (nSPS) is 10.4. The zero-order chi connectivity index (χ0) is 13.1. The second-order valence-corrected chi connectivity index (χ2v) is 4.62. The summed E-state index contributed by atoms with van der Waals surface area (Å²) < 4.78 is 0. The van der Waals surface area contributed by atoms with Gasteiger partial charge in [0.15, 0.2) is 0 Å². The quantitative estimate of drug-likeness (QED) is 0.922. The van der Waals surface area contributed by atoms with Crippen molar-refractivity contribution in [1.82, 2.24) is 9.97 Å². The highest BCUT2D eigenvalue weighted by Gasteiger charge is 2.13. The van der Waals surface area contributed by atoms with Gasteiger partial charge in [-0.25, -0.2) is 9.97 Å². The Morgan fingerprint density at radius 1 is 1.22 bits per heavy atom. The number of hydrogen-bond donors (Lipinski definition) is 1. The number of benzene rings is 1. The van der Waals surface area contributed by atoms with E-state index in [2.05, 4.69) is 22.2 Å². The van der Waals surface area contributed by atoms with Crippen LogP contribution in [0.25, 0.3) is 11.3 Å². The lowest BCUT2D eigenvalue weighted by atomic mass is 10.0. The fraction of sp³-hybridized carbons (Fsp3) is 0.231. The molecule has 0 aliphatic rings. The van der Waals surface area contributed by atoms with E-state index < -0.39 is 0 Å². The third kappa shape index (κ3) is 2.42. The van der Waals surface area contributed by atoms with Crippen molar-refractivity contribution < 1.29 is 0 Å². The summed E-state index contributed by atoms with van der Waals surface area (Å²) in [4.78, 5) is 8.55. The average Bonchev–Trinajstić information content (AvgIpc) is 2.37. The van der Waals surface area contributed by atoms with Crippen LogP contribution in [0.5, 0.6) is 0 Å². The SMILES string of the molecule is CCc1c(NC)ncnc1-c1ccc(Cl)cc1Cl. The van der Waals surface area contributed by atoms with Crippen molar-refractivity contribution >= 4 is 29.0 Å². The molecule has 18 heavy (non-hydrogen) atoms. The van der Waals surface area contributed by atoms with Crippen LogP contribution in [0, 0.1) is 0 Å². The minimum Gasteiger partial charge on any atom is -0.373 e. The fourth-order valence-corrected chi connectivity index (χ4v) is 2.37. The van der Waals surface area contributed by atoms with Crippen LogP contribution in [0.1, 0.15) is 12.5 Å². The van der Waals surface area contributed by atoms with Crippen molar-refractivity contribution in [2.24, 2.45) is 0 Å². The Kier molecular flexibility index (Phi) is 4.04. The first-order chi connectivity index (χ1) is 8.67. The largest absolute Gasteiger partial charge is 0.373 e. The fourth-order valence-electron chi connectivity index (χ4n) is 1.88. The molecule has 0 saturated carbocycles. The summed E-state index contributed by atoms with van der Waals surface area (Å²) in [5.74, 6) is 0.827. The van der Waals surface area contributed by atoms with Gasteiger partial charge >= 0.3 is 0 Å². The van der Waals surface area contributed by atoms with E-state index in [9.17, 15) is 0 Å². The molecule has 3 nitrogen and oxygen atoms in total. The lowest BCUT2D eigenvalue weighted by Gasteiger charge is -2.12. The summed E-state index contributed by atoms with van der Waals surface area (Å²) in [5, 5.41) is 4.28. The van der Waals surface area contributed by atoms with Crippen LogP contribution in [0.2, 0.25) is 10.0 Å². The zero-order valence-electron chi connectivity index (χ0n) is 10.2. The summed E-state index contributed by atoms with van der Waals surface area (Å²) in [6, 6.07) is 5.41. The van der Waals surface area contributed by atoms with E-state index in [0.29, 0.717) is 10.0 Å². The van der Waals surface area contributed by atoms with E-state index in [0.717, 1.165) is 29.1 Å². The van der Waals surface area contributed by atoms with Crippen molar-refractivity contribution in [1.29, 1.82) is 0 Å². The second kappa shape index (κ2) is 5.55. The van der Waals surface area contributed by atoms with E-state index >= 15 is 0 Å². The lowest BCUT2D eigenvalue weighted by Crippen LogP contribution is -2.02. The Labute approximate surface area is 116 Å². The third-order valence-electron chi connectivity index (χ3n) is 2.72. The van der Waals surface area contributed by atoms with Crippen LogP contribution < -0.4 is 5.32 Å². The topological polar surface area (TPSA) is 37.8 Å². The van der Waals surface area contributed by atoms with Gasteiger partial charge in [0.1, 0.15) is 12.1 Å². The highest BCUT2D eigenvalue weighted by atomic mass is 35.5. The molecule has 0 amide bonds. The smallest absolute Gasteiger partial charge is 0.132 e. The van der Waals surface area contributed by atoms with Gasteiger partial charge in [-0.05, 0) is 24.6 Å². The maximum Gasteiger partial charge on any atom is 0.132 e. The molecule has 2 rings (SSSR count). The molecule has 1 heterocycles. The van der Waals surface area contributed by atoms with Gasteiger partial charge in [0.25, 0.3) is 0 Å². The van der Waals surface area contributed by atoms with Crippen molar-refractivity contribution in [3.8, 4) is 11.3 Å². The van der Waals surface area contributed by atoms with Gasteiger partial charge in [0, 0.05) is 23.2 Å². The van der Waals surface area contributed by atoms with E-state index in [-0.39, 0.29) is 0 Å². The Hall–Kier alpha value is -1.32. The maximum absolute atomic E-state index is 6.22. The molecular formula is C13H13Cl2N3. The number of halogens is 2. The van der Waals surface area contributed by atoms with Gasteiger partial charge in [-0.1, -0.05) is 30.1 Å². The number of nitrogens with one attached hydrogen (secondary N) is 1. The summed E-state index contributed by atoms with van der Waals surface area (Å²) in [6.45, 7) is 2.06. The molecule has 0 unspecified atom stereocenters. The Morgan fingerprint density at radius 3 is 2.61 bits per heavy atom. The molecule has 0 aliphatic carbocycles. The monoisotopic (exact) mass is 281 g/mol. The molecule has 0 bridgehead atoms. The molecule has 94 valence electrons. The van der Waals surface area contributed by atoms with Gasteiger partial charge in [-0.15, -0.1) is 0 Å².